The van der Waals surface area contributed by atoms with Gasteiger partial charge < -0.3 is 0 Å². The second kappa shape index (κ2) is 16.6. The van der Waals surface area contributed by atoms with Crippen LogP contribution in [0.15, 0.2) is 115 Å². The monoisotopic (exact) mass is 610 g/mol. The van der Waals surface area contributed by atoms with Gasteiger partial charge in [0.2, 0.25) is 0 Å². The number of hydrogen-bond acceptors (Lipinski definition) is 4. The molecule has 2 heterocycles. The number of pyridine rings is 1. The summed E-state index contributed by atoms with van der Waals surface area (Å²) in [5, 5.41) is 0. The highest BCUT2D eigenvalue weighted by atomic mass is 15.0. The van der Waals surface area contributed by atoms with Crippen LogP contribution in [-0.4, -0.2) is 19.9 Å². The largest absolute Gasteiger partial charge is 0.260 e. The third kappa shape index (κ3) is 6.48. The zero-order chi connectivity index (χ0) is 32.4. The van der Waals surface area contributed by atoms with Crippen LogP contribution in [0.1, 0.15) is 104 Å². The molecule has 0 saturated heterocycles. The fourth-order valence-corrected chi connectivity index (χ4v) is 6.26. The van der Waals surface area contributed by atoms with Gasteiger partial charge in [-0.2, -0.15) is 0 Å². The first-order valence-corrected chi connectivity index (χ1v) is 16.3. The molecule has 0 saturated carbocycles. The molecule has 0 bridgehead atoms. The molecule has 2 aromatic heterocycles. The van der Waals surface area contributed by atoms with Crippen LogP contribution in [0.3, 0.4) is 0 Å². The van der Waals surface area contributed by atoms with Crippen LogP contribution in [0.2, 0.25) is 0 Å². The Labute approximate surface area is 277 Å². The van der Waals surface area contributed by atoms with Crippen LogP contribution in [-0.2, 0) is 5.41 Å². The van der Waals surface area contributed by atoms with Crippen molar-refractivity contribution in [2.45, 2.75) is 80.6 Å². The van der Waals surface area contributed by atoms with Crippen molar-refractivity contribution >= 4 is 11.1 Å². The first kappa shape index (κ1) is 35.8. The van der Waals surface area contributed by atoms with E-state index in [4.69, 9.17) is 19.9 Å². The Bertz CT molecular complexity index is 1760. The molecule has 0 amide bonds. The van der Waals surface area contributed by atoms with Gasteiger partial charge in [-0.15, -0.1) is 0 Å². The van der Waals surface area contributed by atoms with Gasteiger partial charge in [0.15, 0.2) is 17.5 Å². The number of allylic oxidation sites excluding steroid dienone is 9. The van der Waals surface area contributed by atoms with E-state index in [1.807, 2.05) is 71.2 Å². The van der Waals surface area contributed by atoms with Crippen LogP contribution < -0.4 is 0 Å². The summed E-state index contributed by atoms with van der Waals surface area (Å²) in [6, 6.07) is 21.7. The van der Waals surface area contributed by atoms with Gasteiger partial charge >= 0.3 is 0 Å². The van der Waals surface area contributed by atoms with E-state index in [9.17, 15) is 0 Å². The van der Waals surface area contributed by atoms with Crippen molar-refractivity contribution in [1.82, 2.24) is 19.9 Å². The molecule has 1 unspecified atom stereocenters. The third-order valence-corrected chi connectivity index (χ3v) is 8.23. The second-order valence-electron chi connectivity index (χ2n) is 10.6. The lowest BCUT2D eigenvalue weighted by Crippen LogP contribution is -2.30. The maximum atomic E-state index is 4.99. The van der Waals surface area contributed by atoms with Crippen LogP contribution >= 0.6 is 0 Å². The average molecular weight is 611 g/mol. The number of aromatic nitrogens is 4. The molecule has 0 aliphatic heterocycles. The average Bonchev–Trinajstić information content (AvgIpc) is 3.39. The Hall–Kier alpha value is -4.70. The maximum absolute atomic E-state index is 4.99. The number of benzene rings is 2. The minimum atomic E-state index is -0.462. The summed E-state index contributed by atoms with van der Waals surface area (Å²) in [6.45, 7) is 18.5. The highest BCUT2D eigenvalue weighted by Gasteiger charge is 2.47. The molecule has 1 aliphatic rings. The molecular weight excluding hydrogens is 560 g/mol. The van der Waals surface area contributed by atoms with Gasteiger partial charge in [0.1, 0.15) is 0 Å². The first-order chi connectivity index (χ1) is 22.1. The SMILES string of the molecule is C.C=C/C(=C\C)c1nc(C(/C=C\C)=C/C)nc(-c2ccc3c(c2)-c2ccccc2C3(/C(=C/CCC)CC)c2ccccn2)n1.CC. The van der Waals surface area contributed by atoms with E-state index < -0.39 is 5.41 Å². The Kier molecular flexibility index (Phi) is 12.9. The molecule has 2 aromatic carbocycles. The van der Waals surface area contributed by atoms with Crippen molar-refractivity contribution in [2.24, 2.45) is 0 Å². The van der Waals surface area contributed by atoms with Crippen LogP contribution in [0.5, 0.6) is 0 Å². The Balaban J connectivity index is 0.00000188. The maximum Gasteiger partial charge on any atom is 0.164 e. The van der Waals surface area contributed by atoms with Crippen molar-refractivity contribution in [1.29, 1.82) is 0 Å². The molecule has 1 aliphatic carbocycles. The van der Waals surface area contributed by atoms with Gasteiger partial charge in [-0.05, 0) is 74.1 Å². The summed E-state index contributed by atoms with van der Waals surface area (Å²) in [7, 11) is 0. The van der Waals surface area contributed by atoms with Crippen LogP contribution in [0, 0.1) is 0 Å². The summed E-state index contributed by atoms with van der Waals surface area (Å²) in [4.78, 5) is 19.8. The molecule has 0 spiro atoms. The molecule has 0 radical (unpaired) electrons. The quantitative estimate of drug-likeness (QED) is 0.132. The molecule has 4 nitrogen and oxygen atoms in total. The zero-order valence-electron chi connectivity index (χ0n) is 27.9. The standard InChI is InChI=1S/C39H40N4.C2H6.CH4/c1-7-13-19-30(12-6)39(35-22-16-17-25-40-35)33-21-15-14-20-31(33)32-26-29(23-24-34(32)39)38-42-36(27(9-3)10-4)41-37(43-38)28(11-5)18-8-2;1-2;/h8-11,14-26H,3,7,12-13H2,1-2,4-6H3;1-2H3;1H4/b18-8-,27-10+,28-11+,30-19+;;. The van der Waals surface area contributed by atoms with Crippen LogP contribution in [0.25, 0.3) is 33.7 Å². The number of rotatable bonds is 10. The van der Waals surface area contributed by atoms with Gasteiger partial charge in [-0.1, -0.05) is 133 Å². The number of hydrogen-bond donors (Lipinski definition) is 0. The molecular formula is C42H50N4. The van der Waals surface area contributed by atoms with E-state index >= 15 is 0 Å². The van der Waals surface area contributed by atoms with E-state index in [1.165, 1.54) is 27.8 Å². The lowest BCUT2D eigenvalue weighted by molar-refractivity contribution is 0.679. The number of nitrogens with zero attached hydrogens (tertiary/aromatic N) is 4. The molecule has 238 valence electrons. The summed E-state index contributed by atoms with van der Waals surface area (Å²) in [6.07, 6.45) is 17.2. The molecule has 0 N–H and O–H groups in total. The molecule has 0 fully saturated rings. The van der Waals surface area contributed by atoms with Crippen molar-refractivity contribution in [3.63, 3.8) is 0 Å². The molecule has 46 heavy (non-hydrogen) atoms. The zero-order valence-corrected chi connectivity index (χ0v) is 27.9. The smallest absolute Gasteiger partial charge is 0.164 e. The summed E-state index contributed by atoms with van der Waals surface area (Å²) >= 11 is 0. The van der Waals surface area contributed by atoms with E-state index in [0.29, 0.717) is 17.5 Å². The number of unbranched alkanes of at least 4 members (excludes halogenated alkanes) is 1. The normalized spacial score (nSPS) is 15.8. The topological polar surface area (TPSA) is 51.6 Å². The molecule has 1 atom stereocenters. The first-order valence-electron chi connectivity index (χ1n) is 16.3. The van der Waals surface area contributed by atoms with Gasteiger partial charge in [-0.25, -0.2) is 15.0 Å². The van der Waals surface area contributed by atoms with Gasteiger partial charge in [0.25, 0.3) is 0 Å². The fraction of sp³-hybridized carbons (Fsp3) is 0.286. The predicted octanol–water partition coefficient (Wildman–Crippen LogP) is 11.6. The Morgan fingerprint density at radius 2 is 1.48 bits per heavy atom. The van der Waals surface area contributed by atoms with Crippen molar-refractivity contribution in [3.05, 3.63) is 144 Å². The summed E-state index contributed by atoms with van der Waals surface area (Å²) < 4.78 is 0. The fourth-order valence-electron chi connectivity index (χ4n) is 6.26. The highest BCUT2D eigenvalue weighted by Crippen LogP contribution is 2.57. The summed E-state index contributed by atoms with van der Waals surface area (Å²) in [5.41, 5.74) is 9.66. The predicted molar refractivity (Wildman–Crippen MR) is 198 cm³/mol. The lowest BCUT2D eigenvalue weighted by Gasteiger charge is -2.34. The van der Waals surface area contributed by atoms with E-state index in [0.717, 1.165) is 41.7 Å². The number of fused-ring (bicyclic) bond motifs is 3. The third-order valence-electron chi connectivity index (χ3n) is 8.23. The van der Waals surface area contributed by atoms with Crippen molar-refractivity contribution in [2.75, 3.05) is 0 Å². The minimum absolute atomic E-state index is 0. The molecule has 4 heteroatoms. The molecule has 5 rings (SSSR count). The molecule has 4 aromatic rings. The van der Waals surface area contributed by atoms with E-state index in [-0.39, 0.29) is 7.43 Å². The van der Waals surface area contributed by atoms with Gasteiger partial charge in [-0.3, -0.25) is 4.98 Å². The van der Waals surface area contributed by atoms with E-state index in [2.05, 4.69) is 81.1 Å². The minimum Gasteiger partial charge on any atom is -0.260 e. The van der Waals surface area contributed by atoms with Gasteiger partial charge in [0.05, 0.1) is 11.1 Å². The Morgan fingerprint density at radius 1 is 0.804 bits per heavy atom. The van der Waals surface area contributed by atoms with E-state index in [1.54, 1.807) is 6.08 Å². The van der Waals surface area contributed by atoms with Crippen molar-refractivity contribution in [3.8, 4) is 22.5 Å². The van der Waals surface area contributed by atoms with Crippen molar-refractivity contribution < 1.29 is 0 Å². The summed E-state index contributed by atoms with van der Waals surface area (Å²) in [5.74, 6) is 1.89. The van der Waals surface area contributed by atoms with Crippen LogP contribution in [0.4, 0.5) is 0 Å². The Morgan fingerprint density at radius 3 is 2.09 bits per heavy atom. The lowest BCUT2D eigenvalue weighted by atomic mass is 9.68. The van der Waals surface area contributed by atoms with Gasteiger partial charge in [0, 0.05) is 22.9 Å². The second-order valence-corrected chi connectivity index (χ2v) is 10.6. The highest BCUT2D eigenvalue weighted by molar-refractivity contribution is 5.88.